The molecule has 0 N–H and O–H groups in total. The first kappa shape index (κ1) is 21.5. The van der Waals surface area contributed by atoms with Gasteiger partial charge in [0.2, 0.25) is 0 Å². The Morgan fingerprint density at radius 2 is 0.941 bits per heavy atom. The van der Waals surface area contributed by atoms with Crippen molar-refractivity contribution in [3.63, 3.8) is 0 Å². The molecule has 3 aromatic rings. The first-order chi connectivity index (χ1) is 16.6. The normalized spacial score (nSPS) is 15.5. The molecule has 0 bridgehead atoms. The molecule has 0 aromatic heterocycles. The van der Waals surface area contributed by atoms with Crippen molar-refractivity contribution >= 4 is 22.7 Å². The summed E-state index contributed by atoms with van der Waals surface area (Å²) in [6.07, 6.45) is 0. The predicted molar refractivity (Wildman–Crippen MR) is 128 cm³/mol. The van der Waals surface area contributed by atoms with Gasteiger partial charge in [0.05, 0.1) is 48.0 Å². The van der Waals surface area contributed by atoms with E-state index in [1.165, 1.54) is 0 Å². The quantitative estimate of drug-likeness (QED) is 0.584. The standard InChI is InChI=1S/C26H22F2N6/c27-23-13-24(28)26(34-12-10-32(18-34)22-7-3-20(16-30)4-8-22)14-25(23)33-11-9-31(17-33)21-5-1-19(15-29)2-6-21/h1-8,13-14H,9-12,17-18H2. The minimum atomic E-state index is -0.578. The highest BCUT2D eigenvalue weighted by molar-refractivity contribution is 5.65. The fourth-order valence-electron chi connectivity index (χ4n) is 4.50. The highest BCUT2D eigenvalue weighted by Crippen LogP contribution is 2.33. The van der Waals surface area contributed by atoms with E-state index in [1.807, 2.05) is 34.1 Å². The maximum Gasteiger partial charge on any atom is 0.149 e. The fraction of sp³-hybridized carbons (Fsp3) is 0.231. The Bertz CT molecular complexity index is 1180. The number of benzene rings is 3. The minimum absolute atomic E-state index is 0.379. The Labute approximate surface area is 197 Å². The molecule has 2 aliphatic rings. The maximum atomic E-state index is 14.8. The van der Waals surface area contributed by atoms with Crippen molar-refractivity contribution in [2.24, 2.45) is 0 Å². The van der Waals surface area contributed by atoms with Crippen LogP contribution in [0, 0.1) is 34.3 Å². The zero-order chi connectivity index (χ0) is 23.7. The molecule has 2 aliphatic heterocycles. The van der Waals surface area contributed by atoms with Gasteiger partial charge in [0, 0.05) is 43.6 Å². The molecule has 8 heteroatoms. The lowest BCUT2D eigenvalue weighted by Crippen LogP contribution is -2.28. The number of halogens is 2. The van der Waals surface area contributed by atoms with E-state index < -0.39 is 11.6 Å². The minimum Gasteiger partial charge on any atom is -0.352 e. The molecule has 2 fully saturated rings. The van der Waals surface area contributed by atoms with Crippen LogP contribution < -0.4 is 19.6 Å². The molecular formula is C26H22F2N6. The summed E-state index contributed by atoms with van der Waals surface area (Å²) in [4.78, 5) is 8.02. The van der Waals surface area contributed by atoms with Crippen molar-refractivity contribution in [2.75, 3.05) is 59.1 Å². The zero-order valence-corrected chi connectivity index (χ0v) is 18.5. The summed E-state index contributed by atoms with van der Waals surface area (Å²) in [5.74, 6) is -1.16. The van der Waals surface area contributed by atoms with Gasteiger partial charge in [0.15, 0.2) is 0 Å². The van der Waals surface area contributed by atoms with Crippen molar-refractivity contribution in [3.05, 3.63) is 83.4 Å². The van der Waals surface area contributed by atoms with E-state index in [0.29, 0.717) is 62.0 Å². The summed E-state index contributed by atoms with van der Waals surface area (Å²) in [7, 11) is 0. The van der Waals surface area contributed by atoms with Crippen molar-refractivity contribution in [1.29, 1.82) is 10.5 Å². The lowest BCUT2D eigenvalue weighted by molar-refractivity contribution is 0.579. The van der Waals surface area contributed by atoms with Crippen molar-refractivity contribution in [1.82, 2.24) is 0 Å². The first-order valence-electron chi connectivity index (χ1n) is 11.0. The smallest absolute Gasteiger partial charge is 0.149 e. The predicted octanol–water partition coefficient (Wildman–Crippen LogP) is 4.28. The summed E-state index contributed by atoms with van der Waals surface area (Å²) >= 11 is 0. The lowest BCUT2D eigenvalue weighted by atomic mass is 10.2. The molecule has 5 rings (SSSR count). The Kier molecular flexibility index (Phi) is 5.65. The molecule has 2 saturated heterocycles. The van der Waals surface area contributed by atoms with Gasteiger partial charge in [0.25, 0.3) is 0 Å². The molecule has 170 valence electrons. The third-order valence-electron chi connectivity index (χ3n) is 6.38. The van der Waals surface area contributed by atoms with E-state index in [1.54, 1.807) is 30.3 Å². The molecule has 0 unspecified atom stereocenters. The van der Waals surface area contributed by atoms with Gasteiger partial charge in [0.1, 0.15) is 11.6 Å². The average molecular weight is 457 g/mol. The molecule has 0 atom stereocenters. The Balaban J connectivity index is 1.33. The number of hydrogen-bond donors (Lipinski definition) is 0. The summed E-state index contributed by atoms with van der Waals surface area (Å²) in [5.41, 5.74) is 3.86. The van der Waals surface area contributed by atoms with Gasteiger partial charge >= 0.3 is 0 Å². The third-order valence-corrected chi connectivity index (χ3v) is 6.38. The summed E-state index contributed by atoms with van der Waals surface area (Å²) < 4.78 is 29.6. The van der Waals surface area contributed by atoms with Gasteiger partial charge < -0.3 is 19.6 Å². The molecular weight excluding hydrogens is 434 g/mol. The molecule has 34 heavy (non-hydrogen) atoms. The van der Waals surface area contributed by atoms with E-state index in [9.17, 15) is 8.78 Å². The monoisotopic (exact) mass is 456 g/mol. The highest BCUT2D eigenvalue weighted by Gasteiger charge is 2.28. The molecule has 0 aliphatic carbocycles. The van der Waals surface area contributed by atoms with Crippen LogP contribution in [0.3, 0.4) is 0 Å². The number of rotatable bonds is 4. The number of nitriles is 2. The average Bonchev–Trinajstić information content (AvgIpc) is 3.55. The van der Waals surface area contributed by atoms with Crippen LogP contribution in [-0.4, -0.2) is 39.5 Å². The van der Waals surface area contributed by atoms with Crippen LogP contribution in [-0.2, 0) is 0 Å². The zero-order valence-electron chi connectivity index (χ0n) is 18.5. The number of anilines is 4. The summed E-state index contributed by atoms with van der Waals surface area (Å²) in [6.45, 7) is 3.58. The van der Waals surface area contributed by atoms with Crippen molar-refractivity contribution < 1.29 is 8.78 Å². The lowest BCUT2D eigenvalue weighted by Gasteiger charge is -2.25. The van der Waals surface area contributed by atoms with Gasteiger partial charge in [-0.15, -0.1) is 0 Å². The van der Waals surface area contributed by atoms with Gasteiger partial charge in [-0.2, -0.15) is 10.5 Å². The van der Waals surface area contributed by atoms with Crippen LogP contribution in [0.4, 0.5) is 31.5 Å². The molecule has 3 aromatic carbocycles. The highest BCUT2D eigenvalue weighted by atomic mass is 19.1. The van der Waals surface area contributed by atoms with Gasteiger partial charge in [-0.05, 0) is 54.6 Å². The SMILES string of the molecule is N#Cc1ccc(N2CCN(c3cc(N4CCN(c5ccc(C#N)cc5)C4)c(F)cc3F)C2)cc1. The van der Waals surface area contributed by atoms with Crippen LogP contribution in [0.15, 0.2) is 60.7 Å². The van der Waals surface area contributed by atoms with Crippen LogP contribution >= 0.6 is 0 Å². The van der Waals surface area contributed by atoms with Gasteiger partial charge in [-0.25, -0.2) is 8.78 Å². The molecule has 6 nitrogen and oxygen atoms in total. The summed E-state index contributed by atoms with van der Waals surface area (Å²) in [5, 5.41) is 18.0. The topological polar surface area (TPSA) is 60.5 Å². The van der Waals surface area contributed by atoms with Crippen LogP contribution in [0.2, 0.25) is 0 Å². The van der Waals surface area contributed by atoms with E-state index in [4.69, 9.17) is 10.5 Å². The first-order valence-corrected chi connectivity index (χ1v) is 11.0. The summed E-state index contributed by atoms with van der Waals surface area (Å²) in [6, 6.07) is 21.4. The van der Waals surface area contributed by atoms with Crippen molar-refractivity contribution in [3.8, 4) is 12.1 Å². The maximum absolute atomic E-state index is 14.8. The Morgan fingerprint density at radius 3 is 1.32 bits per heavy atom. The van der Waals surface area contributed by atoms with Crippen molar-refractivity contribution in [2.45, 2.75) is 0 Å². The van der Waals surface area contributed by atoms with E-state index in [-0.39, 0.29) is 0 Å². The largest absolute Gasteiger partial charge is 0.352 e. The number of nitrogens with zero attached hydrogens (tertiary/aromatic N) is 6. The van der Waals surface area contributed by atoms with E-state index >= 15 is 0 Å². The second-order valence-electron chi connectivity index (χ2n) is 8.41. The molecule has 0 spiro atoms. The van der Waals surface area contributed by atoms with Gasteiger partial charge in [-0.3, -0.25) is 0 Å². The molecule has 2 heterocycles. The Hall–Kier alpha value is -4.30. The fourth-order valence-corrected chi connectivity index (χ4v) is 4.50. The molecule has 0 radical (unpaired) electrons. The van der Waals surface area contributed by atoms with Crippen LogP contribution in [0.25, 0.3) is 0 Å². The molecule has 0 saturated carbocycles. The third kappa shape index (κ3) is 4.06. The van der Waals surface area contributed by atoms with Crippen LogP contribution in [0.5, 0.6) is 0 Å². The van der Waals surface area contributed by atoms with E-state index in [0.717, 1.165) is 17.4 Å². The Morgan fingerprint density at radius 1 is 0.559 bits per heavy atom. The second kappa shape index (κ2) is 8.92. The number of hydrogen-bond acceptors (Lipinski definition) is 6. The van der Waals surface area contributed by atoms with E-state index in [2.05, 4.69) is 21.9 Å². The van der Waals surface area contributed by atoms with Gasteiger partial charge in [-0.1, -0.05) is 0 Å². The molecule has 0 amide bonds. The second-order valence-corrected chi connectivity index (χ2v) is 8.41. The van der Waals surface area contributed by atoms with Crippen LogP contribution in [0.1, 0.15) is 11.1 Å².